The molecule has 1 unspecified atom stereocenters. The topological polar surface area (TPSA) is 67.4 Å². The van der Waals surface area contributed by atoms with Gasteiger partial charge in [-0.1, -0.05) is 18.2 Å². The molecule has 1 heterocycles. The highest BCUT2D eigenvalue weighted by atomic mass is 16.5. The molecule has 1 aliphatic rings. The van der Waals surface area contributed by atoms with Crippen LogP contribution in [0.5, 0.6) is 0 Å². The number of carbonyl (C=O) groups is 2. The maximum absolute atomic E-state index is 12.3. The van der Waals surface area contributed by atoms with Gasteiger partial charge in [-0.3, -0.25) is 9.59 Å². The molecule has 1 fully saturated rings. The molecule has 1 atom stereocenters. The lowest BCUT2D eigenvalue weighted by molar-refractivity contribution is 0.0857. The maximum atomic E-state index is 12.3. The van der Waals surface area contributed by atoms with Gasteiger partial charge in [0.2, 0.25) is 0 Å². The van der Waals surface area contributed by atoms with E-state index in [1.807, 2.05) is 25.1 Å². The summed E-state index contributed by atoms with van der Waals surface area (Å²) in [5.41, 5.74) is 2.78. The predicted octanol–water partition coefficient (Wildman–Crippen LogP) is 3.16. The summed E-state index contributed by atoms with van der Waals surface area (Å²) in [6, 6.07) is 14.3. The second-order valence-electron chi connectivity index (χ2n) is 6.19. The molecule has 5 heteroatoms. The van der Waals surface area contributed by atoms with Gasteiger partial charge in [0.1, 0.15) is 0 Å². The Kier molecular flexibility index (Phi) is 5.46. The molecular formula is C20H22N2O3. The van der Waals surface area contributed by atoms with E-state index in [1.165, 1.54) is 0 Å². The van der Waals surface area contributed by atoms with Crippen LogP contribution in [-0.2, 0) is 4.74 Å². The molecule has 5 nitrogen and oxygen atoms in total. The lowest BCUT2D eigenvalue weighted by Gasteiger charge is -2.11. The van der Waals surface area contributed by atoms with Crippen LogP contribution in [0.15, 0.2) is 48.5 Å². The highest BCUT2D eigenvalue weighted by Crippen LogP contribution is 2.14. The Morgan fingerprint density at radius 1 is 1.08 bits per heavy atom. The van der Waals surface area contributed by atoms with Gasteiger partial charge in [-0.25, -0.2) is 0 Å². The first-order valence-corrected chi connectivity index (χ1v) is 8.50. The van der Waals surface area contributed by atoms with Crippen molar-refractivity contribution in [3.05, 3.63) is 65.2 Å². The van der Waals surface area contributed by atoms with Crippen molar-refractivity contribution in [2.24, 2.45) is 0 Å². The molecule has 0 bridgehead atoms. The van der Waals surface area contributed by atoms with Crippen LogP contribution < -0.4 is 10.6 Å². The monoisotopic (exact) mass is 338 g/mol. The summed E-state index contributed by atoms with van der Waals surface area (Å²) in [6.07, 6.45) is 2.16. The first-order valence-electron chi connectivity index (χ1n) is 8.50. The Labute approximate surface area is 147 Å². The molecule has 2 aromatic carbocycles. The van der Waals surface area contributed by atoms with Crippen LogP contribution >= 0.6 is 0 Å². The molecular weight excluding hydrogens is 316 g/mol. The second-order valence-corrected chi connectivity index (χ2v) is 6.19. The number of ether oxygens (including phenoxy) is 1. The van der Waals surface area contributed by atoms with Crippen LogP contribution in [-0.4, -0.2) is 31.1 Å². The minimum absolute atomic E-state index is 0.122. The van der Waals surface area contributed by atoms with E-state index in [4.69, 9.17) is 4.74 Å². The number of hydrogen-bond donors (Lipinski definition) is 2. The van der Waals surface area contributed by atoms with Crippen molar-refractivity contribution >= 4 is 17.5 Å². The molecule has 1 saturated heterocycles. The normalized spacial score (nSPS) is 16.4. The standard InChI is InChI=1S/C20H22N2O3/c1-14-5-2-3-7-18(14)20(24)22-16-10-8-15(9-11-16)19(23)21-13-17-6-4-12-25-17/h2-3,5,7-11,17H,4,6,12-13H2,1H3,(H,21,23)(H,22,24). The van der Waals surface area contributed by atoms with Gasteiger partial charge in [0.05, 0.1) is 6.10 Å². The molecule has 2 N–H and O–H groups in total. The lowest BCUT2D eigenvalue weighted by Crippen LogP contribution is -2.31. The first-order chi connectivity index (χ1) is 12.1. The van der Waals surface area contributed by atoms with E-state index in [2.05, 4.69) is 10.6 Å². The van der Waals surface area contributed by atoms with Crippen LogP contribution in [0.1, 0.15) is 39.1 Å². The van der Waals surface area contributed by atoms with Crippen molar-refractivity contribution in [3.63, 3.8) is 0 Å². The molecule has 130 valence electrons. The number of aryl methyl sites for hydroxylation is 1. The predicted molar refractivity (Wildman–Crippen MR) is 96.9 cm³/mol. The summed E-state index contributed by atoms with van der Waals surface area (Å²) in [4.78, 5) is 24.4. The van der Waals surface area contributed by atoms with E-state index in [1.54, 1.807) is 30.3 Å². The van der Waals surface area contributed by atoms with E-state index < -0.39 is 0 Å². The fourth-order valence-corrected chi connectivity index (χ4v) is 2.84. The molecule has 0 aromatic heterocycles. The largest absolute Gasteiger partial charge is 0.376 e. The minimum Gasteiger partial charge on any atom is -0.376 e. The molecule has 3 rings (SSSR count). The number of rotatable bonds is 5. The Bertz CT molecular complexity index is 750. The maximum Gasteiger partial charge on any atom is 0.255 e. The van der Waals surface area contributed by atoms with E-state index in [9.17, 15) is 9.59 Å². The molecule has 0 radical (unpaired) electrons. The van der Waals surface area contributed by atoms with E-state index in [-0.39, 0.29) is 17.9 Å². The summed E-state index contributed by atoms with van der Waals surface area (Å²) in [6.45, 7) is 3.21. The Morgan fingerprint density at radius 3 is 2.52 bits per heavy atom. The second kappa shape index (κ2) is 7.94. The van der Waals surface area contributed by atoms with Gasteiger partial charge in [0.25, 0.3) is 11.8 Å². The van der Waals surface area contributed by atoms with Gasteiger partial charge in [-0.15, -0.1) is 0 Å². The molecule has 0 aliphatic carbocycles. The van der Waals surface area contributed by atoms with Gasteiger partial charge < -0.3 is 15.4 Å². The number of nitrogens with one attached hydrogen (secondary N) is 2. The van der Waals surface area contributed by atoms with Crippen LogP contribution in [0, 0.1) is 6.92 Å². The van der Waals surface area contributed by atoms with Crippen LogP contribution in [0.3, 0.4) is 0 Å². The van der Waals surface area contributed by atoms with E-state index >= 15 is 0 Å². The first kappa shape index (κ1) is 17.2. The van der Waals surface area contributed by atoms with Gasteiger partial charge >= 0.3 is 0 Å². The Hall–Kier alpha value is -2.66. The third kappa shape index (κ3) is 4.45. The molecule has 0 spiro atoms. The van der Waals surface area contributed by atoms with Crippen molar-refractivity contribution in [2.45, 2.75) is 25.9 Å². The zero-order valence-electron chi connectivity index (χ0n) is 14.2. The number of carbonyl (C=O) groups excluding carboxylic acids is 2. The molecule has 2 aromatic rings. The molecule has 0 saturated carbocycles. The summed E-state index contributed by atoms with van der Waals surface area (Å²) in [7, 11) is 0. The van der Waals surface area contributed by atoms with Gasteiger partial charge in [-0.05, 0) is 55.7 Å². The minimum atomic E-state index is -0.159. The Morgan fingerprint density at radius 2 is 1.84 bits per heavy atom. The van der Waals surface area contributed by atoms with Crippen molar-refractivity contribution < 1.29 is 14.3 Å². The average Bonchev–Trinajstić information content (AvgIpc) is 3.14. The van der Waals surface area contributed by atoms with Gasteiger partial charge in [-0.2, -0.15) is 0 Å². The summed E-state index contributed by atoms with van der Waals surface area (Å²) >= 11 is 0. The van der Waals surface area contributed by atoms with Crippen LogP contribution in [0.4, 0.5) is 5.69 Å². The number of amides is 2. The highest BCUT2D eigenvalue weighted by Gasteiger charge is 2.16. The van der Waals surface area contributed by atoms with E-state index in [0.29, 0.717) is 23.4 Å². The quantitative estimate of drug-likeness (QED) is 0.880. The molecule has 1 aliphatic heterocycles. The number of anilines is 1. The fourth-order valence-electron chi connectivity index (χ4n) is 2.84. The zero-order valence-corrected chi connectivity index (χ0v) is 14.2. The Balaban J connectivity index is 1.57. The number of benzene rings is 2. The van der Waals surface area contributed by atoms with Crippen molar-refractivity contribution in [1.29, 1.82) is 0 Å². The summed E-state index contributed by atoms with van der Waals surface area (Å²) < 4.78 is 5.49. The van der Waals surface area contributed by atoms with Gasteiger partial charge in [0.15, 0.2) is 0 Å². The summed E-state index contributed by atoms with van der Waals surface area (Å²) in [5, 5.41) is 5.73. The van der Waals surface area contributed by atoms with Crippen LogP contribution in [0.25, 0.3) is 0 Å². The van der Waals surface area contributed by atoms with Crippen molar-refractivity contribution in [1.82, 2.24) is 5.32 Å². The van der Waals surface area contributed by atoms with Gasteiger partial charge in [0, 0.05) is 30.0 Å². The number of hydrogen-bond acceptors (Lipinski definition) is 3. The van der Waals surface area contributed by atoms with E-state index in [0.717, 1.165) is 25.0 Å². The van der Waals surface area contributed by atoms with Crippen molar-refractivity contribution in [3.8, 4) is 0 Å². The summed E-state index contributed by atoms with van der Waals surface area (Å²) in [5.74, 6) is -0.291. The average molecular weight is 338 g/mol. The fraction of sp³-hybridized carbons (Fsp3) is 0.300. The SMILES string of the molecule is Cc1ccccc1C(=O)Nc1ccc(C(=O)NCC2CCCO2)cc1. The smallest absolute Gasteiger partial charge is 0.255 e. The third-order valence-corrected chi connectivity index (χ3v) is 4.31. The molecule has 2 amide bonds. The van der Waals surface area contributed by atoms with Crippen LogP contribution in [0.2, 0.25) is 0 Å². The zero-order chi connectivity index (χ0) is 17.6. The van der Waals surface area contributed by atoms with Crippen molar-refractivity contribution in [2.75, 3.05) is 18.5 Å². The lowest BCUT2D eigenvalue weighted by atomic mass is 10.1. The molecule has 25 heavy (non-hydrogen) atoms. The highest BCUT2D eigenvalue weighted by molar-refractivity contribution is 6.05. The third-order valence-electron chi connectivity index (χ3n) is 4.31.